The first kappa shape index (κ1) is 30.3. The van der Waals surface area contributed by atoms with Crippen molar-refractivity contribution in [3.05, 3.63) is 47.8 Å². The van der Waals surface area contributed by atoms with Crippen LogP contribution in [0.5, 0.6) is 17.2 Å². The second-order valence-corrected chi connectivity index (χ2v) is 9.73. The molecule has 0 spiro atoms. The average molecular weight is 581 g/mol. The molecule has 1 aliphatic carbocycles. The Kier molecular flexibility index (Phi) is 9.21. The van der Waals surface area contributed by atoms with Gasteiger partial charge in [-0.3, -0.25) is 0 Å². The van der Waals surface area contributed by atoms with E-state index in [-0.39, 0.29) is 34.8 Å². The monoisotopic (exact) mass is 580 g/mol. The third-order valence-corrected chi connectivity index (χ3v) is 7.28. The molecule has 1 saturated heterocycles. The second kappa shape index (κ2) is 12.5. The first-order valence-corrected chi connectivity index (χ1v) is 12.6. The van der Waals surface area contributed by atoms with E-state index in [1.165, 1.54) is 32.4 Å². The fraction of sp³-hybridized carbons (Fsp3) is 0.481. The van der Waals surface area contributed by atoms with Gasteiger partial charge in [0.15, 0.2) is 17.8 Å². The number of methoxy groups -OCH3 is 2. The van der Waals surface area contributed by atoms with Crippen molar-refractivity contribution in [1.29, 1.82) is 0 Å². The van der Waals surface area contributed by atoms with Crippen molar-refractivity contribution in [3.63, 3.8) is 0 Å². The van der Waals surface area contributed by atoms with E-state index < -0.39 is 73.5 Å². The normalized spacial score (nSPS) is 33.1. The number of aromatic hydroxyl groups is 1. The number of phenolic OH excluding ortho intramolecular Hbond substituents is 1. The molecular weight excluding hydrogens is 548 g/mol. The molecule has 0 amide bonds. The van der Waals surface area contributed by atoms with Gasteiger partial charge in [0.2, 0.25) is 12.0 Å². The van der Waals surface area contributed by atoms with Crippen LogP contribution >= 0.6 is 0 Å². The van der Waals surface area contributed by atoms with Crippen LogP contribution in [0.3, 0.4) is 0 Å². The molecule has 2 aliphatic heterocycles. The largest absolute Gasteiger partial charge is 0.502 e. The lowest BCUT2D eigenvalue weighted by Crippen LogP contribution is -2.60. The highest BCUT2D eigenvalue weighted by Gasteiger charge is 2.52. The summed E-state index contributed by atoms with van der Waals surface area (Å²) in [5.74, 6) is -3.52. The SMILES string of the molecule is C=C1[C@H]2[C@H](O[C@@H]3O[C@H](COC(=O)C=Cc4cc(OC)c(O)c(OC)c4)[C@@H](O)[C@H](O)[C@H]3O)OC=C(C(=O)O)[C@H]2C[C@@H]1O. The summed E-state index contributed by atoms with van der Waals surface area (Å²) in [6.07, 6.45) is -6.81. The van der Waals surface area contributed by atoms with E-state index in [2.05, 4.69) is 6.58 Å². The molecule has 0 aromatic heterocycles. The van der Waals surface area contributed by atoms with E-state index >= 15 is 0 Å². The maximum atomic E-state index is 12.4. The number of aliphatic hydroxyl groups is 4. The van der Waals surface area contributed by atoms with Gasteiger partial charge in [-0.25, -0.2) is 9.59 Å². The lowest BCUT2D eigenvalue weighted by atomic mass is 9.85. The third kappa shape index (κ3) is 6.17. The predicted molar refractivity (Wildman–Crippen MR) is 136 cm³/mol. The molecule has 9 atom stereocenters. The van der Waals surface area contributed by atoms with Gasteiger partial charge < -0.3 is 59.1 Å². The summed E-state index contributed by atoms with van der Waals surface area (Å²) < 4.78 is 32.1. The van der Waals surface area contributed by atoms with Crippen LogP contribution in [0.4, 0.5) is 0 Å². The Balaban J connectivity index is 1.41. The topological polar surface area (TPSA) is 211 Å². The number of hydrogen-bond donors (Lipinski definition) is 6. The van der Waals surface area contributed by atoms with Crippen molar-refractivity contribution in [2.24, 2.45) is 11.8 Å². The molecule has 0 unspecified atom stereocenters. The molecule has 14 nitrogen and oxygen atoms in total. The molecule has 1 saturated carbocycles. The van der Waals surface area contributed by atoms with Crippen LogP contribution in [-0.2, 0) is 28.5 Å². The smallest absolute Gasteiger partial charge is 0.334 e. The van der Waals surface area contributed by atoms with Crippen molar-refractivity contribution in [3.8, 4) is 17.2 Å². The van der Waals surface area contributed by atoms with Gasteiger partial charge in [-0.1, -0.05) is 6.58 Å². The van der Waals surface area contributed by atoms with Gasteiger partial charge in [-0.15, -0.1) is 0 Å². The van der Waals surface area contributed by atoms with Crippen LogP contribution < -0.4 is 9.47 Å². The number of ether oxygens (including phenoxy) is 6. The molecule has 14 heteroatoms. The zero-order valence-electron chi connectivity index (χ0n) is 22.2. The van der Waals surface area contributed by atoms with Gasteiger partial charge in [0.25, 0.3) is 0 Å². The highest BCUT2D eigenvalue weighted by molar-refractivity contribution is 5.88. The Labute approximate surface area is 234 Å². The first-order valence-electron chi connectivity index (χ1n) is 12.6. The standard InChI is InChI=1S/C27H32O14/c1-11-15(28)8-13-14(25(34)35)9-39-26(20(11)13)41-27-24(33)23(32)22(31)18(40-27)10-38-19(29)5-4-12-6-16(36-2)21(30)17(7-12)37-3/h4-7,9,13,15,18,20,22-24,26-28,30-33H,1,8,10H2,2-3H3,(H,34,35)/t13-,15+,18-,20-,22-,23+,24-,26+,27+/m1/s1. The number of benzene rings is 1. The van der Waals surface area contributed by atoms with Gasteiger partial charge in [-0.05, 0) is 35.8 Å². The van der Waals surface area contributed by atoms with E-state index in [1.54, 1.807) is 0 Å². The highest BCUT2D eigenvalue weighted by atomic mass is 16.8. The number of aliphatic carboxylic acids is 1. The maximum Gasteiger partial charge on any atom is 0.334 e. The second-order valence-electron chi connectivity index (χ2n) is 9.73. The number of aliphatic hydroxyl groups excluding tert-OH is 4. The number of carbonyl (C=O) groups excluding carboxylic acids is 1. The van der Waals surface area contributed by atoms with Gasteiger partial charge >= 0.3 is 11.9 Å². The van der Waals surface area contributed by atoms with Crippen LogP contribution in [0.25, 0.3) is 6.08 Å². The number of carboxylic acid groups (broad SMARTS) is 1. The number of fused-ring (bicyclic) bond motifs is 1. The number of rotatable bonds is 9. The Morgan fingerprint density at radius 1 is 1.05 bits per heavy atom. The van der Waals surface area contributed by atoms with E-state index in [9.17, 15) is 40.2 Å². The zero-order valence-corrected chi connectivity index (χ0v) is 22.2. The van der Waals surface area contributed by atoms with Gasteiger partial charge in [0.1, 0.15) is 31.0 Å². The number of hydrogen-bond acceptors (Lipinski definition) is 13. The highest BCUT2D eigenvalue weighted by Crippen LogP contribution is 2.46. The molecule has 41 heavy (non-hydrogen) atoms. The zero-order chi connectivity index (χ0) is 30.0. The van der Waals surface area contributed by atoms with E-state index in [0.717, 1.165) is 12.3 Å². The van der Waals surface area contributed by atoms with Crippen LogP contribution in [0, 0.1) is 11.8 Å². The molecule has 1 aromatic carbocycles. The summed E-state index contributed by atoms with van der Waals surface area (Å²) in [6.45, 7) is 3.28. The minimum absolute atomic E-state index is 0.0739. The van der Waals surface area contributed by atoms with Crippen LogP contribution in [0.1, 0.15) is 12.0 Å². The Morgan fingerprint density at radius 3 is 2.32 bits per heavy atom. The van der Waals surface area contributed by atoms with Gasteiger partial charge in [0.05, 0.1) is 38.1 Å². The maximum absolute atomic E-state index is 12.4. The number of phenols is 1. The lowest BCUT2D eigenvalue weighted by molar-refractivity contribution is -0.339. The number of carbonyl (C=O) groups is 2. The molecule has 224 valence electrons. The molecule has 6 N–H and O–H groups in total. The van der Waals surface area contributed by atoms with Crippen molar-refractivity contribution >= 4 is 18.0 Å². The number of esters is 1. The minimum atomic E-state index is -1.76. The Hall–Kier alpha value is -3.66. The predicted octanol–water partition coefficient (Wildman–Crippen LogP) is -0.332. The quantitative estimate of drug-likeness (QED) is 0.125. The van der Waals surface area contributed by atoms with Gasteiger partial charge in [-0.2, -0.15) is 0 Å². The molecule has 2 heterocycles. The van der Waals surface area contributed by atoms with E-state index in [4.69, 9.17) is 28.4 Å². The summed E-state index contributed by atoms with van der Waals surface area (Å²) in [7, 11) is 2.70. The van der Waals surface area contributed by atoms with E-state index in [1.807, 2.05) is 0 Å². The average Bonchev–Trinajstić information content (AvgIpc) is 3.25. The Bertz CT molecular complexity index is 1200. The molecular formula is C27H32O14. The van der Waals surface area contributed by atoms with Gasteiger partial charge in [0, 0.05) is 12.0 Å². The van der Waals surface area contributed by atoms with Crippen molar-refractivity contribution < 1.29 is 68.6 Å². The first-order chi connectivity index (χ1) is 19.5. The van der Waals surface area contributed by atoms with Crippen molar-refractivity contribution in [2.45, 2.75) is 49.5 Å². The minimum Gasteiger partial charge on any atom is -0.502 e. The molecule has 0 bridgehead atoms. The van der Waals surface area contributed by atoms with Crippen LogP contribution in [-0.4, -0.2) is 107 Å². The fourth-order valence-electron chi connectivity index (χ4n) is 5.03. The molecule has 4 rings (SSSR count). The van der Waals surface area contributed by atoms with E-state index in [0.29, 0.717) is 5.56 Å². The molecule has 0 radical (unpaired) electrons. The summed E-state index contributed by atoms with van der Waals surface area (Å²) in [6, 6.07) is 2.92. The molecule has 3 aliphatic rings. The summed E-state index contributed by atoms with van der Waals surface area (Å²) in [4.78, 5) is 24.0. The van der Waals surface area contributed by atoms with Crippen LogP contribution in [0.15, 0.2) is 42.2 Å². The van der Waals surface area contributed by atoms with Crippen molar-refractivity contribution in [1.82, 2.24) is 0 Å². The molecule has 1 aromatic rings. The number of carboxylic acids is 1. The fourth-order valence-corrected chi connectivity index (χ4v) is 5.03. The summed E-state index contributed by atoms with van der Waals surface area (Å²) in [5, 5.41) is 61.1. The Morgan fingerprint density at radius 2 is 1.71 bits per heavy atom. The molecule has 2 fully saturated rings. The lowest BCUT2D eigenvalue weighted by Gasteiger charge is -2.42. The van der Waals surface area contributed by atoms with Crippen molar-refractivity contribution in [2.75, 3.05) is 20.8 Å². The summed E-state index contributed by atoms with van der Waals surface area (Å²) >= 11 is 0. The summed E-state index contributed by atoms with van der Waals surface area (Å²) in [5.41, 5.74) is 0.646. The third-order valence-electron chi connectivity index (χ3n) is 7.28. The van der Waals surface area contributed by atoms with Crippen LogP contribution in [0.2, 0.25) is 0 Å².